The molecule has 0 saturated heterocycles. The minimum atomic E-state index is 0.308. The lowest BCUT2D eigenvalue weighted by Gasteiger charge is -2.15. The van der Waals surface area contributed by atoms with Gasteiger partial charge in [0.15, 0.2) is 0 Å². The highest BCUT2D eigenvalue weighted by atomic mass is 15.0. The molecule has 0 aromatic carbocycles. The third-order valence-corrected chi connectivity index (χ3v) is 1.68. The van der Waals surface area contributed by atoms with Crippen LogP contribution in [0.5, 0.6) is 0 Å². The summed E-state index contributed by atoms with van der Waals surface area (Å²) in [6.07, 6.45) is 5.52. The maximum absolute atomic E-state index is 4.00. The van der Waals surface area contributed by atoms with Crippen molar-refractivity contribution in [3.05, 3.63) is 25.6 Å². The molecule has 1 radical (unpaired) electrons. The molecular formula is C8H13N2. The molecule has 0 aliphatic rings. The zero-order valence-electron chi connectivity index (χ0n) is 6.49. The Kier molecular flexibility index (Phi) is 2.10. The van der Waals surface area contributed by atoms with Gasteiger partial charge in [0, 0.05) is 18.4 Å². The van der Waals surface area contributed by atoms with Gasteiger partial charge in [-0.05, 0) is 12.8 Å². The maximum Gasteiger partial charge on any atom is 0.0948 e. The van der Waals surface area contributed by atoms with Crippen molar-refractivity contribution in [3.63, 3.8) is 0 Å². The Hall–Kier alpha value is -0.790. The molecule has 1 aromatic rings. The van der Waals surface area contributed by atoms with Crippen molar-refractivity contribution in [2.24, 2.45) is 5.92 Å². The van der Waals surface area contributed by atoms with E-state index in [-0.39, 0.29) is 0 Å². The SMILES string of the molecule is [CH2]C(C(C)C)n1ccnc1. The van der Waals surface area contributed by atoms with Crippen molar-refractivity contribution >= 4 is 0 Å². The minimum Gasteiger partial charge on any atom is -0.334 e. The fraction of sp³-hybridized carbons (Fsp3) is 0.500. The molecule has 55 valence electrons. The van der Waals surface area contributed by atoms with Crippen LogP contribution in [0.1, 0.15) is 19.9 Å². The van der Waals surface area contributed by atoms with Crippen LogP contribution in [0.3, 0.4) is 0 Å². The molecule has 0 aliphatic heterocycles. The Morgan fingerprint density at radius 1 is 1.50 bits per heavy atom. The highest BCUT2D eigenvalue weighted by Crippen LogP contribution is 2.14. The van der Waals surface area contributed by atoms with Gasteiger partial charge in [-0.15, -0.1) is 0 Å². The molecule has 0 fully saturated rings. The Balaban J connectivity index is 2.68. The van der Waals surface area contributed by atoms with E-state index in [0.29, 0.717) is 12.0 Å². The second-order valence-corrected chi connectivity index (χ2v) is 2.82. The molecule has 0 N–H and O–H groups in total. The lowest BCUT2D eigenvalue weighted by atomic mass is 10.1. The van der Waals surface area contributed by atoms with Gasteiger partial charge in [-0.25, -0.2) is 4.98 Å². The summed E-state index contributed by atoms with van der Waals surface area (Å²) in [5.74, 6) is 0.564. The molecule has 1 rings (SSSR count). The summed E-state index contributed by atoms with van der Waals surface area (Å²) in [6.45, 7) is 8.30. The second-order valence-electron chi connectivity index (χ2n) is 2.82. The van der Waals surface area contributed by atoms with Gasteiger partial charge in [0.05, 0.1) is 6.33 Å². The maximum atomic E-state index is 4.00. The van der Waals surface area contributed by atoms with Gasteiger partial charge in [0.1, 0.15) is 0 Å². The van der Waals surface area contributed by atoms with Crippen molar-refractivity contribution in [3.8, 4) is 0 Å². The summed E-state index contributed by atoms with van der Waals surface area (Å²) in [7, 11) is 0. The van der Waals surface area contributed by atoms with E-state index in [2.05, 4.69) is 25.8 Å². The molecule has 0 bridgehead atoms. The highest BCUT2D eigenvalue weighted by molar-refractivity contribution is 4.82. The molecule has 0 aliphatic carbocycles. The van der Waals surface area contributed by atoms with Crippen molar-refractivity contribution in [1.29, 1.82) is 0 Å². The van der Waals surface area contributed by atoms with E-state index < -0.39 is 0 Å². The third kappa shape index (κ3) is 1.38. The predicted octanol–water partition coefficient (Wildman–Crippen LogP) is 1.91. The molecule has 2 heteroatoms. The molecule has 1 unspecified atom stereocenters. The molecule has 1 heterocycles. The molecule has 10 heavy (non-hydrogen) atoms. The summed E-state index contributed by atoms with van der Waals surface area (Å²) in [4.78, 5) is 3.95. The van der Waals surface area contributed by atoms with E-state index in [1.807, 2.05) is 10.8 Å². The topological polar surface area (TPSA) is 17.8 Å². The molecular weight excluding hydrogens is 124 g/mol. The highest BCUT2D eigenvalue weighted by Gasteiger charge is 2.06. The minimum absolute atomic E-state index is 0.308. The van der Waals surface area contributed by atoms with Crippen LogP contribution in [0.25, 0.3) is 0 Å². The molecule has 0 saturated carbocycles. The van der Waals surface area contributed by atoms with Crippen LogP contribution in [0.2, 0.25) is 0 Å². The average molecular weight is 137 g/mol. The summed E-state index contributed by atoms with van der Waals surface area (Å²) < 4.78 is 2.02. The van der Waals surface area contributed by atoms with Crippen LogP contribution in [0.15, 0.2) is 18.7 Å². The van der Waals surface area contributed by atoms with Crippen LogP contribution in [0, 0.1) is 12.8 Å². The Morgan fingerprint density at radius 3 is 2.60 bits per heavy atom. The first-order valence-electron chi connectivity index (χ1n) is 3.52. The smallest absolute Gasteiger partial charge is 0.0948 e. The standard InChI is InChI=1S/C8H13N2/c1-7(2)8(3)10-5-4-9-6-10/h4-8H,3H2,1-2H3. The molecule has 1 atom stereocenters. The molecule has 0 amide bonds. The number of aromatic nitrogens is 2. The fourth-order valence-corrected chi connectivity index (χ4v) is 0.810. The van der Waals surface area contributed by atoms with Crippen LogP contribution >= 0.6 is 0 Å². The first-order valence-corrected chi connectivity index (χ1v) is 3.52. The van der Waals surface area contributed by atoms with Crippen molar-refractivity contribution in [1.82, 2.24) is 9.55 Å². The van der Waals surface area contributed by atoms with Gasteiger partial charge in [-0.1, -0.05) is 13.8 Å². The predicted molar refractivity (Wildman–Crippen MR) is 41.5 cm³/mol. The van der Waals surface area contributed by atoms with Gasteiger partial charge in [0.2, 0.25) is 0 Å². The molecule has 2 nitrogen and oxygen atoms in total. The van der Waals surface area contributed by atoms with Gasteiger partial charge < -0.3 is 4.57 Å². The molecule has 0 spiro atoms. The first kappa shape index (κ1) is 7.32. The molecule has 1 aromatic heterocycles. The summed E-state index contributed by atoms with van der Waals surface area (Å²) in [5, 5.41) is 0. The number of nitrogens with zero attached hydrogens (tertiary/aromatic N) is 2. The lowest BCUT2D eigenvalue weighted by molar-refractivity contribution is 0.446. The third-order valence-electron chi connectivity index (χ3n) is 1.68. The summed E-state index contributed by atoms with van der Waals surface area (Å²) >= 11 is 0. The van der Waals surface area contributed by atoms with Gasteiger partial charge >= 0.3 is 0 Å². The second kappa shape index (κ2) is 2.86. The van der Waals surface area contributed by atoms with E-state index in [0.717, 1.165) is 0 Å². The normalized spacial score (nSPS) is 14.0. The quantitative estimate of drug-likeness (QED) is 0.609. The Bertz CT molecular complexity index is 177. The van der Waals surface area contributed by atoms with Crippen LogP contribution < -0.4 is 0 Å². The zero-order chi connectivity index (χ0) is 7.56. The van der Waals surface area contributed by atoms with E-state index in [1.165, 1.54) is 0 Å². The van der Waals surface area contributed by atoms with E-state index in [9.17, 15) is 0 Å². The van der Waals surface area contributed by atoms with Gasteiger partial charge in [0.25, 0.3) is 0 Å². The lowest BCUT2D eigenvalue weighted by Crippen LogP contribution is -2.09. The van der Waals surface area contributed by atoms with Crippen molar-refractivity contribution in [2.75, 3.05) is 0 Å². The van der Waals surface area contributed by atoms with E-state index in [4.69, 9.17) is 0 Å². The van der Waals surface area contributed by atoms with Gasteiger partial charge in [-0.2, -0.15) is 0 Å². The number of hydrogen-bond donors (Lipinski definition) is 0. The Morgan fingerprint density at radius 2 is 2.20 bits per heavy atom. The average Bonchev–Trinajstić information content (AvgIpc) is 2.36. The Labute approximate surface area is 61.9 Å². The van der Waals surface area contributed by atoms with Crippen LogP contribution in [0.4, 0.5) is 0 Å². The summed E-state index contributed by atoms with van der Waals surface area (Å²) in [6, 6.07) is 0.308. The van der Waals surface area contributed by atoms with E-state index >= 15 is 0 Å². The number of rotatable bonds is 2. The zero-order valence-corrected chi connectivity index (χ0v) is 6.49. The number of hydrogen-bond acceptors (Lipinski definition) is 1. The monoisotopic (exact) mass is 137 g/mol. The van der Waals surface area contributed by atoms with Crippen molar-refractivity contribution in [2.45, 2.75) is 19.9 Å². The van der Waals surface area contributed by atoms with Crippen molar-refractivity contribution < 1.29 is 0 Å². The van der Waals surface area contributed by atoms with Crippen LogP contribution in [-0.4, -0.2) is 9.55 Å². The summed E-state index contributed by atoms with van der Waals surface area (Å²) in [5.41, 5.74) is 0. The number of imidazole rings is 1. The van der Waals surface area contributed by atoms with Crippen LogP contribution in [-0.2, 0) is 0 Å². The van der Waals surface area contributed by atoms with Gasteiger partial charge in [-0.3, -0.25) is 0 Å². The van der Waals surface area contributed by atoms with E-state index in [1.54, 1.807) is 12.5 Å². The first-order chi connectivity index (χ1) is 4.72. The fourth-order valence-electron chi connectivity index (χ4n) is 0.810. The largest absolute Gasteiger partial charge is 0.334 e.